The largest absolute Gasteiger partial charge is 0.508 e. The van der Waals surface area contributed by atoms with Crippen molar-refractivity contribution in [1.29, 1.82) is 0 Å². The maximum Gasteiger partial charge on any atom is 0.119 e. The van der Waals surface area contributed by atoms with Crippen LogP contribution in [0.5, 0.6) is 5.75 Å². The van der Waals surface area contributed by atoms with Crippen molar-refractivity contribution in [2.75, 3.05) is 0 Å². The summed E-state index contributed by atoms with van der Waals surface area (Å²) in [5.74, 6) is 1.58. The minimum Gasteiger partial charge on any atom is -0.508 e. The summed E-state index contributed by atoms with van der Waals surface area (Å²) in [4.78, 5) is 0. The van der Waals surface area contributed by atoms with Crippen LogP contribution in [0.2, 0.25) is 0 Å². The van der Waals surface area contributed by atoms with Crippen LogP contribution in [-0.4, -0.2) is 5.11 Å². The lowest BCUT2D eigenvalue weighted by Crippen LogP contribution is -2.29. The van der Waals surface area contributed by atoms with E-state index in [0.717, 1.165) is 18.4 Å². The van der Waals surface area contributed by atoms with Crippen molar-refractivity contribution in [3.8, 4) is 5.75 Å². The number of phenolic OH excluding ortho intramolecular Hbond substituents is 1. The third-order valence-electron chi connectivity index (χ3n) is 5.65. The number of rotatable bonds is 1. The van der Waals surface area contributed by atoms with Crippen LogP contribution in [-0.2, 0) is 12.8 Å². The van der Waals surface area contributed by atoms with Crippen LogP contribution in [0.4, 0.5) is 0 Å². The number of fused-ring (bicyclic) bond motifs is 2. The van der Waals surface area contributed by atoms with E-state index in [9.17, 15) is 5.11 Å². The van der Waals surface area contributed by atoms with Gasteiger partial charge in [-0.15, -0.1) is 0 Å². The molecule has 0 aromatic heterocycles. The van der Waals surface area contributed by atoms with E-state index in [1.807, 2.05) is 6.07 Å². The van der Waals surface area contributed by atoms with Crippen LogP contribution in [0.25, 0.3) is 0 Å². The Bertz CT molecular complexity index is 578. The zero-order chi connectivity index (χ0) is 15.2. The Morgan fingerprint density at radius 1 is 1.19 bits per heavy atom. The molecule has 0 fully saturated rings. The lowest BCUT2D eigenvalue weighted by atomic mass is 9.66. The third kappa shape index (κ3) is 2.63. The summed E-state index contributed by atoms with van der Waals surface area (Å²) in [6.07, 6.45) is 8.44. The maximum atomic E-state index is 10.3. The summed E-state index contributed by atoms with van der Waals surface area (Å²) in [5.41, 5.74) is 5.95. The number of aryl methyl sites for hydroxylation is 1. The number of benzene rings is 1. The molecule has 0 aliphatic heterocycles. The molecule has 0 saturated carbocycles. The maximum absolute atomic E-state index is 10.3. The fraction of sp³-hybridized carbons (Fsp3) is 0.600. The van der Waals surface area contributed by atoms with Crippen LogP contribution in [0, 0.1) is 11.3 Å². The van der Waals surface area contributed by atoms with E-state index in [-0.39, 0.29) is 0 Å². The highest BCUT2D eigenvalue weighted by molar-refractivity contribution is 5.46. The highest BCUT2D eigenvalue weighted by Gasteiger charge is 2.35. The normalized spacial score (nSPS) is 24.0. The summed E-state index contributed by atoms with van der Waals surface area (Å²) in [5, 5.41) is 10.3. The molecule has 2 aliphatic carbocycles. The summed E-state index contributed by atoms with van der Waals surface area (Å²) in [6, 6.07) is 4.30. The molecule has 0 saturated heterocycles. The van der Waals surface area contributed by atoms with Gasteiger partial charge in [0.2, 0.25) is 0 Å². The SMILES string of the molecule is CC(C)c1cc2c(cc1O)CC1=CCCC(C)(C)[C@@H]1CC2. The van der Waals surface area contributed by atoms with E-state index in [1.165, 1.54) is 30.4 Å². The van der Waals surface area contributed by atoms with Gasteiger partial charge >= 0.3 is 0 Å². The van der Waals surface area contributed by atoms with E-state index in [2.05, 4.69) is 39.8 Å². The van der Waals surface area contributed by atoms with Crippen molar-refractivity contribution in [1.82, 2.24) is 0 Å². The van der Waals surface area contributed by atoms with Gasteiger partial charge in [-0.1, -0.05) is 45.4 Å². The van der Waals surface area contributed by atoms with Crippen molar-refractivity contribution in [3.63, 3.8) is 0 Å². The summed E-state index contributed by atoms with van der Waals surface area (Å²) < 4.78 is 0. The molecule has 114 valence electrons. The minimum absolute atomic E-state index is 0.386. The number of hydrogen-bond acceptors (Lipinski definition) is 1. The molecule has 1 aromatic carbocycles. The number of hydrogen-bond donors (Lipinski definition) is 1. The molecule has 3 rings (SSSR count). The molecule has 1 aromatic rings. The second-order valence-corrected chi connectivity index (χ2v) is 7.91. The molecule has 0 unspecified atom stereocenters. The zero-order valence-corrected chi connectivity index (χ0v) is 13.9. The highest BCUT2D eigenvalue weighted by atomic mass is 16.3. The molecule has 2 aliphatic rings. The lowest BCUT2D eigenvalue weighted by molar-refractivity contribution is 0.203. The van der Waals surface area contributed by atoms with Gasteiger partial charge in [0, 0.05) is 0 Å². The van der Waals surface area contributed by atoms with Crippen molar-refractivity contribution in [2.45, 2.75) is 65.7 Å². The smallest absolute Gasteiger partial charge is 0.119 e. The van der Waals surface area contributed by atoms with E-state index < -0.39 is 0 Å². The first-order valence-corrected chi connectivity index (χ1v) is 8.42. The Labute approximate surface area is 129 Å². The standard InChI is InChI=1S/C20H28O/c1-13(2)17-11-14-7-8-18-15(6-5-9-20(18,3)4)10-16(14)12-19(17)21/h6,11-13,18,21H,5,7-10H2,1-4H3/t18-/m1/s1. The first-order valence-electron chi connectivity index (χ1n) is 8.42. The second-order valence-electron chi connectivity index (χ2n) is 7.91. The average Bonchev–Trinajstić information content (AvgIpc) is 2.56. The Kier molecular flexibility index (Phi) is 3.63. The van der Waals surface area contributed by atoms with Gasteiger partial charge in [-0.25, -0.2) is 0 Å². The second kappa shape index (κ2) is 5.19. The molecule has 0 heterocycles. The van der Waals surface area contributed by atoms with Crippen LogP contribution >= 0.6 is 0 Å². The van der Waals surface area contributed by atoms with Gasteiger partial charge in [0.1, 0.15) is 5.75 Å². The number of aromatic hydroxyl groups is 1. The van der Waals surface area contributed by atoms with E-state index >= 15 is 0 Å². The highest BCUT2D eigenvalue weighted by Crippen LogP contribution is 2.47. The fourth-order valence-electron chi connectivity index (χ4n) is 4.29. The first-order chi connectivity index (χ1) is 9.88. The van der Waals surface area contributed by atoms with Crippen LogP contribution in [0.15, 0.2) is 23.8 Å². The minimum atomic E-state index is 0.386. The Balaban J connectivity index is 2.00. The molecule has 0 spiro atoms. The van der Waals surface area contributed by atoms with Crippen molar-refractivity contribution in [2.24, 2.45) is 11.3 Å². The molecule has 0 amide bonds. The van der Waals surface area contributed by atoms with Gasteiger partial charge in [0.05, 0.1) is 0 Å². The van der Waals surface area contributed by atoms with Crippen molar-refractivity contribution in [3.05, 3.63) is 40.5 Å². The molecule has 1 nitrogen and oxygen atoms in total. The predicted molar refractivity (Wildman–Crippen MR) is 88.8 cm³/mol. The lowest BCUT2D eigenvalue weighted by Gasteiger charge is -2.39. The van der Waals surface area contributed by atoms with Crippen LogP contribution < -0.4 is 0 Å². The van der Waals surface area contributed by atoms with Gasteiger partial charge in [-0.3, -0.25) is 0 Å². The average molecular weight is 284 g/mol. The van der Waals surface area contributed by atoms with Crippen molar-refractivity contribution < 1.29 is 5.11 Å². The van der Waals surface area contributed by atoms with E-state index in [1.54, 1.807) is 5.57 Å². The molecule has 21 heavy (non-hydrogen) atoms. The van der Waals surface area contributed by atoms with Gasteiger partial charge in [0.25, 0.3) is 0 Å². The first kappa shape index (κ1) is 14.7. The van der Waals surface area contributed by atoms with Crippen LogP contribution in [0.1, 0.15) is 69.6 Å². The van der Waals surface area contributed by atoms with Gasteiger partial charge < -0.3 is 5.11 Å². The monoisotopic (exact) mass is 284 g/mol. The molecule has 1 heteroatoms. The van der Waals surface area contributed by atoms with Crippen molar-refractivity contribution >= 4 is 0 Å². The molecule has 1 N–H and O–H groups in total. The molecular formula is C20H28O. The predicted octanol–water partition coefficient (Wildman–Crippen LogP) is 5.37. The molecular weight excluding hydrogens is 256 g/mol. The van der Waals surface area contributed by atoms with Gasteiger partial charge in [-0.05, 0) is 72.1 Å². The Morgan fingerprint density at radius 3 is 2.67 bits per heavy atom. The number of phenols is 1. The van der Waals surface area contributed by atoms with E-state index in [4.69, 9.17) is 0 Å². The summed E-state index contributed by atoms with van der Waals surface area (Å²) in [7, 11) is 0. The topological polar surface area (TPSA) is 20.2 Å². The third-order valence-corrected chi connectivity index (χ3v) is 5.65. The molecule has 0 radical (unpaired) electrons. The Morgan fingerprint density at radius 2 is 1.95 bits per heavy atom. The van der Waals surface area contributed by atoms with Crippen LogP contribution in [0.3, 0.4) is 0 Å². The summed E-state index contributed by atoms with van der Waals surface area (Å²) >= 11 is 0. The number of allylic oxidation sites excluding steroid dienone is 2. The van der Waals surface area contributed by atoms with Gasteiger partial charge in [0.15, 0.2) is 0 Å². The summed E-state index contributed by atoms with van der Waals surface area (Å²) in [6.45, 7) is 9.17. The zero-order valence-electron chi connectivity index (χ0n) is 13.9. The molecule has 1 atom stereocenters. The van der Waals surface area contributed by atoms with Gasteiger partial charge in [-0.2, -0.15) is 0 Å². The quantitative estimate of drug-likeness (QED) is 0.688. The Hall–Kier alpha value is -1.24. The fourth-order valence-corrected chi connectivity index (χ4v) is 4.29. The molecule has 0 bridgehead atoms. The van der Waals surface area contributed by atoms with E-state index in [0.29, 0.717) is 23.0 Å².